The molecule has 4 nitrogen and oxygen atoms in total. The molecule has 0 aliphatic carbocycles. The minimum Gasteiger partial charge on any atom is -0.492 e. The van der Waals surface area contributed by atoms with Crippen LogP contribution >= 0.6 is 0 Å². The maximum atomic E-state index is 13.7. The Morgan fingerprint density at radius 3 is 2.00 bits per heavy atom. The van der Waals surface area contributed by atoms with Crippen LogP contribution in [0.2, 0.25) is 0 Å². The first kappa shape index (κ1) is 26.0. The molecule has 0 aromatic heterocycles. The SMILES string of the molecule is COc1c(CN2CCCN(C(c3ccc(F)cc3)c3ccc(F)cc3)CC2)c(C(C)C)cccc1=O. The van der Waals surface area contributed by atoms with Gasteiger partial charge in [0, 0.05) is 31.7 Å². The number of halogens is 2. The molecule has 1 heterocycles. The first-order valence-electron chi connectivity index (χ1n) is 12.5. The highest BCUT2D eigenvalue weighted by molar-refractivity contribution is 5.40. The molecular formula is C30H34F2N2O2. The lowest BCUT2D eigenvalue weighted by Gasteiger charge is -2.32. The zero-order chi connectivity index (χ0) is 25.7. The average Bonchev–Trinajstić information content (AvgIpc) is 3.18. The normalized spacial score (nSPS) is 15.3. The van der Waals surface area contributed by atoms with Crippen LogP contribution in [0.1, 0.15) is 54.5 Å². The first-order chi connectivity index (χ1) is 17.4. The fourth-order valence-electron chi connectivity index (χ4n) is 5.16. The van der Waals surface area contributed by atoms with E-state index in [2.05, 4.69) is 23.6 Å². The minimum absolute atomic E-state index is 0.102. The number of ether oxygens (including phenoxy) is 1. The van der Waals surface area contributed by atoms with E-state index in [0.717, 1.165) is 54.9 Å². The van der Waals surface area contributed by atoms with Crippen LogP contribution in [0, 0.1) is 11.6 Å². The van der Waals surface area contributed by atoms with Gasteiger partial charge in [-0.25, -0.2) is 8.78 Å². The van der Waals surface area contributed by atoms with Crippen LogP contribution in [0.3, 0.4) is 0 Å². The number of benzene rings is 2. The molecule has 1 fully saturated rings. The molecular weight excluding hydrogens is 458 g/mol. The molecule has 1 saturated heterocycles. The molecule has 0 saturated carbocycles. The quantitative estimate of drug-likeness (QED) is 0.420. The molecule has 1 aliphatic rings. The van der Waals surface area contributed by atoms with Crippen molar-refractivity contribution in [1.82, 2.24) is 9.80 Å². The predicted molar refractivity (Wildman–Crippen MR) is 139 cm³/mol. The summed E-state index contributed by atoms with van der Waals surface area (Å²) in [5.41, 5.74) is 3.91. The van der Waals surface area contributed by atoms with Crippen molar-refractivity contribution in [2.45, 2.75) is 38.8 Å². The minimum atomic E-state index is -0.276. The number of rotatable bonds is 7. The molecule has 3 aromatic rings. The highest BCUT2D eigenvalue weighted by Crippen LogP contribution is 2.31. The van der Waals surface area contributed by atoms with Crippen molar-refractivity contribution in [3.8, 4) is 5.75 Å². The van der Waals surface area contributed by atoms with Gasteiger partial charge in [0.15, 0.2) is 5.75 Å². The lowest BCUT2D eigenvalue weighted by atomic mass is 9.96. The lowest BCUT2D eigenvalue weighted by Crippen LogP contribution is -2.34. The highest BCUT2D eigenvalue weighted by Gasteiger charge is 2.26. The monoisotopic (exact) mass is 492 g/mol. The van der Waals surface area contributed by atoms with Crippen molar-refractivity contribution < 1.29 is 13.5 Å². The van der Waals surface area contributed by atoms with Gasteiger partial charge >= 0.3 is 0 Å². The van der Waals surface area contributed by atoms with Crippen molar-refractivity contribution in [2.75, 3.05) is 33.3 Å². The van der Waals surface area contributed by atoms with Gasteiger partial charge in [-0.1, -0.05) is 50.2 Å². The number of hydrogen-bond acceptors (Lipinski definition) is 4. The topological polar surface area (TPSA) is 32.8 Å². The van der Waals surface area contributed by atoms with E-state index in [1.54, 1.807) is 13.2 Å². The van der Waals surface area contributed by atoms with Crippen LogP contribution in [-0.4, -0.2) is 43.1 Å². The predicted octanol–water partition coefficient (Wildman–Crippen LogP) is 5.75. The third-order valence-corrected chi connectivity index (χ3v) is 6.94. The Morgan fingerprint density at radius 2 is 1.44 bits per heavy atom. The van der Waals surface area contributed by atoms with Gasteiger partial charge in [-0.2, -0.15) is 0 Å². The Hall–Kier alpha value is -3.09. The maximum absolute atomic E-state index is 13.7. The zero-order valence-electron chi connectivity index (χ0n) is 21.2. The van der Waals surface area contributed by atoms with Gasteiger partial charge in [-0.15, -0.1) is 0 Å². The summed E-state index contributed by atoms with van der Waals surface area (Å²) >= 11 is 0. The van der Waals surface area contributed by atoms with Crippen LogP contribution in [0.25, 0.3) is 0 Å². The lowest BCUT2D eigenvalue weighted by molar-refractivity contribution is 0.219. The molecule has 0 N–H and O–H groups in total. The van der Waals surface area contributed by atoms with Crippen LogP contribution < -0.4 is 10.2 Å². The molecule has 0 radical (unpaired) electrons. The molecule has 3 aromatic carbocycles. The molecule has 0 atom stereocenters. The summed E-state index contributed by atoms with van der Waals surface area (Å²) < 4.78 is 32.9. The summed E-state index contributed by atoms with van der Waals surface area (Å²) in [6.45, 7) is 8.19. The van der Waals surface area contributed by atoms with Gasteiger partial charge in [-0.05, 0) is 65.9 Å². The summed E-state index contributed by atoms with van der Waals surface area (Å²) in [4.78, 5) is 17.4. The second-order valence-electron chi connectivity index (χ2n) is 9.68. The number of nitrogens with zero attached hydrogens (tertiary/aromatic N) is 2. The van der Waals surface area contributed by atoms with Crippen molar-refractivity contribution in [3.63, 3.8) is 0 Å². The summed E-state index contributed by atoms with van der Waals surface area (Å²) in [6.07, 6.45) is 0.932. The first-order valence-corrected chi connectivity index (χ1v) is 12.5. The molecule has 36 heavy (non-hydrogen) atoms. The van der Waals surface area contributed by atoms with Crippen LogP contribution in [0.4, 0.5) is 8.78 Å². The number of hydrogen-bond donors (Lipinski definition) is 0. The summed E-state index contributed by atoms with van der Waals surface area (Å²) in [5, 5.41) is 0. The zero-order valence-corrected chi connectivity index (χ0v) is 21.2. The Balaban J connectivity index is 1.61. The fraction of sp³-hybridized carbons (Fsp3) is 0.367. The number of methoxy groups -OCH3 is 1. The summed E-state index contributed by atoms with van der Waals surface area (Å²) in [5.74, 6) is 0.121. The van der Waals surface area contributed by atoms with Gasteiger partial charge in [0.05, 0.1) is 13.2 Å². The van der Waals surface area contributed by atoms with Gasteiger partial charge < -0.3 is 4.74 Å². The van der Waals surface area contributed by atoms with E-state index in [4.69, 9.17) is 4.74 Å². The van der Waals surface area contributed by atoms with Crippen LogP contribution in [0.15, 0.2) is 71.5 Å². The fourth-order valence-corrected chi connectivity index (χ4v) is 5.16. The molecule has 0 amide bonds. The van der Waals surface area contributed by atoms with Crippen LogP contribution in [0.5, 0.6) is 5.75 Å². The summed E-state index contributed by atoms with van der Waals surface area (Å²) in [6, 6.07) is 18.4. The third-order valence-electron chi connectivity index (χ3n) is 6.94. The standard InChI is InChI=1S/C30H34F2N2O2/c1-21(2)26-6-4-7-28(35)30(36-3)27(26)20-33-16-5-17-34(19-18-33)29(22-8-12-24(31)13-9-22)23-10-14-25(32)15-11-23/h4,6-15,21,29H,5,16-20H2,1-3H3. The van der Waals surface area contributed by atoms with E-state index in [-0.39, 0.29) is 29.0 Å². The average molecular weight is 493 g/mol. The largest absolute Gasteiger partial charge is 0.492 e. The second-order valence-corrected chi connectivity index (χ2v) is 9.68. The highest BCUT2D eigenvalue weighted by atomic mass is 19.1. The van der Waals surface area contributed by atoms with E-state index in [1.165, 1.54) is 24.3 Å². The van der Waals surface area contributed by atoms with E-state index >= 15 is 0 Å². The molecule has 0 spiro atoms. The van der Waals surface area contributed by atoms with E-state index in [0.29, 0.717) is 12.3 Å². The maximum Gasteiger partial charge on any atom is 0.220 e. The van der Waals surface area contributed by atoms with E-state index < -0.39 is 0 Å². The van der Waals surface area contributed by atoms with Gasteiger partial charge in [0.1, 0.15) is 11.6 Å². The third kappa shape index (κ3) is 6.00. The smallest absolute Gasteiger partial charge is 0.220 e. The molecule has 0 bridgehead atoms. The Kier molecular flexibility index (Phi) is 8.49. The van der Waals surface area contributed by atoms with Crippen molar-refractivity contribution in [3.05, 3.63) is 111 Å². The van der Waals surface area contributed by atoms with Gasteiger partial charge in [-0.3, -0.25) is 14.6 Å². The molecule has 1 aliphatic heterocycles. The van der Waals surface area contributed by atoms with Crippen molar-refractivity contribution >= 4 is 0 Å². The van der Waals surface area contributed by atoms with Crippen LogP contribution in [-0.2, 0) is 6.54 Å². The van der Waals surface area contributed by atoms with Gasteiger partial charge in [0.25, 0.3) is 0 Å². The molecule has 0 unspecified atom stereocenters. The Labute approximate surface area is 212 Å². The molecule has 4 rings (SSSR count). The Bertz CT molecular complexity index is 1170. The van der Waals surface area contributed by atoms with Gasteiger partial charge in [0.2, 0.25) is 5.43 Å². The molecule has 190 valence electrons. The van der Waals surface area contributed by atoms with E-state index in [1.807, 2.05) is 36.4 Å². The second kappa shape index (κ2) is 11.8. The van der Waals surface area contributed by atoms with E-state index in [9.17, 15) is 13.6 Å². The molecule has 6 heteroatoms. The summed E-state index contributed by atoms with van der Waals surface area (Å²) in [7, 11) is 1.56. The Morgan fingerprint density at radius 1 is 0.833 bits per heavy atom. The van der Waals surface area contributed by atoms with Crippen molar-refractivity contribution in [2.24, 2.45) is 0 Å². The van der Waals surface area contributed by atoms with Crippen molar-refractivity contribution in [1.29, 1.82) is 0 Å².